The standard InChI is InChI=1S/C13H8Cl2FIN2O/c14-9-5-7(18)4-8(12(9)15)13(20)19-11-2-1-6(16)3-10(11)17/h1-5H,18H2,(H,19,20). The molecule has 104 valence electrons. The Bertz CT molecular complexity index is 694. The monoisotopic (exact) mass is 424 g/mol. The molecule has 1 amide bonds. The molecular formula is C13H8Cl2FIN2O. The van der Waals surface area contributed by atoms with Gasteiger partial charge < -0.3 is 11.1 Å². The maximum Gasteiger partial charge on any atom is 0.257 e. The van der Waals surface area contributed by atoms with Gasteiger partial charge in [0.15, 0.2) is 0 Å². The zero-order chi connectivity index (χ0) is 14.9. The molecule has 2 aromatic carbocycles. The third-order valence-corrected chi connectivity index (χ3v) is 4.17. The molecule has 0 aromatic heterocycles. The average Bonchev–Trinajstić information content (AvgIpc) is 2.37. The zero-order valence-electron chi connectivity index (χ0n) is 9.88. The third-order valence-electron chi connectivity index (χ3n) is 2.47. The van der Waals surface area contributed by atoms with Gasteiger partial charge in [0.05, 0.1) is 21.3 Å². The summed E-state index contributed by atoms with van der Waals surface area (Å²) in [4.78, 5) is 12.2. The lowest BCUT2D eigenvalue weighted by Crippen LogP contribution is -2.14. The van der Waals surface area contributed by atoms with Crippen molar-refractivity contribution in [1.29, 1.82) is 0 Å². The summed E-state index contributed by atoms with van der Waals surface area (Å²) in [7, 11) is 0. The molecule has 0 aliphatic carbocycles. The van der Waals surface area contributed by atoms with Gasteiger partial charge in [-0.25, -0.2) is 4.39 Å². The van der Waals surface area contributed by atoms with E-state index >= 15 is 0 Å². The average molecular weight is 425 g/mol. The van der Waals surface area contributed by atoms with Crippen LogP contribution in [0.2, 0.25) is 10.0 Å². The molecule has 0 aliphatic heterocycles. The second-order valence-electron chi connectivity index (χ2n) is 3.94. The van der Waals surface area contributed by atoms with Crippen LogP contribution < -0.4 is 11.1 Å². The molecule has 0 fully saturated rings. The summed E-state index contributed by atoms with van der Waals surface area (Å²) in [6.45, 7) is 0. The van der Waals surface area contributed by atoms with Crippen molar-refractivity contribution in [3.05, 3.63) is 55.3 Å². The molecule has 0 saturated heterocycles. The highest BCUT2D eigenvalue weighted by atomic mass is 127. The molecule has 0 bridgehead atoms. The van der Waals surface area contributed by atoms with Gasteiger partial charge in [-0.1, -0.05) is 23.2 Å². The minimum atomic E-state index is -0.464. The van der Waals surface area contributed by atoms with Crippen LogP contribution in [0.1, 0.15) is 10.4 Å². The molecule has 2 rings (SSSR count). The van der Waals surface area contributed by atoms with Crippen molar-refractivity contribution in [2.75, 3.05) is 11.1 Å². The molecule has 0 spiro atoms. The Morgan fingerprint density at radius 3 is 2.60 bits per heavy atom. The minimum absolute atomic E-state index is 0.121. The fourth-order valence-corrected chi connectivity index (χ4v) is 2.59. The van der Waals surface area contributed by atoms with Crippen molar-refractivity contribution < 1.29 is 9.18 Å². The van der Waals surface area contributed by atoms with Gasteiger partial charge in [0.2, 0.25) is 0 Å². The lowest BCUT2D eigenvalue weighted by Gasteiger charge is -2.10. The molecule has 0 radical (unpaired) electrons. The number of hydrogen-bond acceptors (Lipinski definition) is 2. The van der Waals surface area contributed by atoms with Crippen LogP contribution in [0.15, 0.2) is 30.3 Å². The van der Waals surface area contributed by atoms with E-state index in [-0.39, 0.29) is 21.4 Å². The van der Waals surface area contributed by atoms with E-state index in [0.717, 1.165) is 0 Å². The smallest absolute Gasteiger partial charge is 0.257 e. The molecular weight excluding hydrogens is 417 g/mol. The number of nitrogen functional groups attached to an aromatic ring is 1. The Kier molecular flexibility index (Phi) is 4.72. The van der Waals surface area contributed by atoms with Crippen LogP contribution in [0.4, 0.5) is 15.8 Å². The highest BCUT2D eigenvalue weighted by Crippen LogP contribution is 2.29. The first-order valence-electron chi connectivity index (χ1n) is 5.39. The lowest BCUT2D eigenvalue weighted by molar-refractivity contribution is 0.102. The number of amides is 1. The molecule has 0 aliphatic rings. The number of halogens is 4. The maximum atomic E-state index is 13.0. The minimum Gasteiger partial charge on any atom is -0.399 e. The van der Waals surface area contributed by atoms with Crippen molar-refractivity contribution in [3.63, 3.8) is 0 Å². The SMILES string of the molecule is Nc1cc(Cl)c(Cl)c(C(=O)Nc2ccc(F)cc2I)c1. The lowest BCUT2D eigenvalue weighted by atomic mass is 10.2. The second kappa shape index (κ2) is 6.15. The summed E-state index contributed by atoms with van der Waals surface area (Å²) in [5, 5.41) is 2.96. The summed E-state index contributed by atoms with van der Waals surface area (Å²) in [6.07, 6.45) is 0. The number of anilines is 2. The van der Waals surface area contributed by atoms with Crippen LogP contribution in [0, 0.1) is 9.39 Å². The van der Waals surface area contributed by atoms with Gasteiger partial charge in [0, 0.05) is 9.26 Å². The van der Waals surface area contributed by atoms with Gasteiger partial charge in [-0.2, -0.15) is 0 Å². The summed E-state index contributed by atoms with van der Waals surface area (Å²) < 4.78 is 13.6. The first kappa shape index (κ1) is 15.3. The van der Waals surface area contributed by atoms with E-state index in [1.165, 1.54) is 30.3 Å². The van der Waals surface area contributed by atoms with E-state index in [1.807, 2.05) is 22.6 Å². The molecule has 2 aromatic rings. The van der Waals surface area contributed by atoms with Crippen molar-refractivity contribution >= 4 is 63.1 Å². The first-order valence-corrected chi connectivity index (χ1v) is 7.23. The van der Waals surface area contributed by atoms with Crippen molar-refractivity contribution in [2.45, 2.75) is 0 Å². The van der Waals surface area contributed by atoms with Crippen LogP contribution in [0.25, 0.3) is 0 Å². The van der Waals surface area contributed by atoms with Gasteiger partial charge in [-0.05, 0) is 52.9 Å². The fourth-order valence-electron chi connectivity index (χ4n) is 1.56. The normalized spacial score (nSPS) is 10.4. The van der Waals surface area contributed by atoms with E-state index in [9.17, 15) is 9.18 Å². The van der Waals surface area contributed by atoms with E-state index in [1.54, 1.807) is 0 Å². The Morgan fingerprint density at radius 2 is 1.95 bits per heavy atom. The number of nitrogens with one attached hydrogen (secondary N) is 1. The topological polar surface area (TPSA) is 55.1 Å². The molecule has 0 unspecified atom stereocenters. The number of carbonyl (C=O) groups excluding carboxylic acids is 1. The van der Waals surface area contributed by atoms with E-state index in [0.29, 0.717) is 14.9 Å². The predicted molar refractivity (Wildman–Crippen MR) is 87.9 cm³/mol. The van der Waals surface area contributed by atoms with Gasteiger partial charge in [-0.15, -0.1) is 0 Å². The van der Waals surface area contributed by atoms with E-state index < -0.39 is 5.91 Å². The Labute approximate surface area is 138 Å². The molecule has 0 heterocycles. The number of carbonyl (C=O) groups is 1. The number of nitrogens with two attached hydrogens (primary N) is 1. The molecule has 0 atom stereocenters. The third kappa shape index (κ3) is 3.34. The zero-order valence-corrected chi connectivity index (χ0v) is 13.6. The van der Waals surface area contributed by atoms with Gasteiger partial charge in [-0.3, -0.25) is 4.79 Å². The van der Waals surface area contributed by atoms with E-state index in [2.05, 4.69) is 5.32 Å². The molecule has 3 nitrogen and oxygen atoms in total. The van der Waals surface area contributed by atoms with Crippen molar-refractivity contribution in [3.8, 4) is 0 Å². The van der Waals surface area contributed by atoms with Gasteiger partial charge in [0.25, 0.3) is 5.91 Å². The first-order chi connectivity index (χ1) is 9.38. The van der Waals surface area contributed by atoms with Crippen LogP contribution in [0.5, 0.6) is 0 Å². The summed E-state index contributed by atoms with van der Waals surface area (Å²) in [5.41, 5.74) is 6.61. The summed E-state index contributed by atoms with van der Waals surface area (Å²) in [5.74, 6) is -0.842. The van der Waals surface area contributed by atoms with Crippen LogP contribution >= 0.6 is 45.8 Å². The predicted octanol–water partition coefficient (Wildman–Crippen LogP) is 4.57. The number of rotatable bonds is 2. The van der Waals surface area contributed by atoms with Gasteiger partial charge >= 0.3 is 0 Å². The Balaban J connectivity index is 2.33. The van der Waals surface area contributed by atoms with Crippen LogP contribution in [0.3, 0.4) is 0 Å². The van der Waals surface area contributed by atoms with Crippen LogP contribution in [-0.4, -0.2) is 5.91 Å². The van der Waals surface area contributed by atoms with E-state index in [4.69, 9.17) is 28.9 Å². The van der Waals surface area contributed by atoms with Crippen molar-refractivity contribution in [1.82, 2.24) is 0 Å². The maximum absolute atomic E-state index is 13.0. The summed E-state index contributed by atoms with van der Waals surface area (Å²) >= 11 is 13.8. The molecule has 7 heteroatoms. The highest BCUT2D eigenvalue weighted by molar-refractivity contribution is 14.1. The highest BCUT2D eigenvalue weighted by Gasteiger charge is 2.15. The molecule has 20 heavy (non-hydrogen) atoms. The largest absolute Gasteiger partial charge is 0.399 e. The summed E-state index contributed by atoms with van der Waals surface area (Å²) in [6, 6.07) is 6.93. The Morgan fingerprint density at radius 1 is 1.25 bits per heavy atom. The van der Waals surface area contributed by atoms with Crippen LogP contribution in [-0.2, 0) is 0 Å². The Hall–Kier alpha value is -1.05. The quantitative estimate of drug-likeness (QED) is 0.548. The number of hydrogen-bond donors (Lipinski definition) is 2. The fraction of sp³-hybridized carbons (Fsp3) is 0. The number of benzene rings is 2. The second-order valence-corrected chi connectivity index (χ2v) is 5.89. The van der Waals surface area contributed by atoms with Gasteiger partial charge in [0.1, 0.15) is 5.82 Å². The van der Waals surface area contributed by atoms with Crippen molar-refractivity contribution in [2.24, 2.45) is 0 Å². The molecule has 3 N–H and O–H groups in total. The molecule has 0 saturated carbocycles.